The number of allylic oxidation sites excluding steroid dienone is 3. The number of halogens is 2. The van der Waals surface area contributed by atoms with Gasteiger partial charge in [-0.25, -0.2) is 4.39 Å². The summed E-state index contributed by atoms with van der Waals surface area (Å²) in [6, 6.07) is 0. The van der Waals surface area contributed by atoms with Crippen LogP contribution in [0.4, 0.5) is 4.39 Å². The Morgan fingerprint density at radius 1 is 1.70 bits per heavy atom. The Labute approximate surface area is 68.0 Å². The third-order valence-electron chi connectivity index (χ3n) is 0.721. The molecule has 1 nitrogen and oxygen atoms in total. The Hall–Kier alpha value is -0.570. The molecule has 0 aliphatic rings. The van der Waals surface area contributed by atoms with Gasteiger partial charge in [0.05, 0.1) is 0 Å². The molecule has 0 radical (unpaired) electrons. The average Bonchev–Trinajstić information content (AvgIpc) is 1.86. The summed E-state index contributed by atoms with van der Waals surface area (Å²) in [5, 5.41) is 0. The molecule has 0 aliphatic carbocycles. The minimum Gasteiger partial charge on any atom is -0.463 e. The monoisotopic (exact) mass is 206 g/mol. The molecule has 0 saturated heterocycles. The molecular formula is C7H8BrFO. The number of hydrogen-bond acceptors (Lipinski definition) is 1. The highest BCUT2D eigenvalue weighted by molar-refractivity contribution is 9.11. The van der Waals surface area contributed by atoms with Crippen LogP contribution in [-0.2, 0) is 4.74 Å². The second-order valence-electron chi connectivity index (χ2n) is 1.45. The highest BCUT2D eigenvalue weighted by Crippen LogP contribution is 2.08. The molecule has 0 rings (SSSR count). The fourth-order valence-corrected chi connectivity index (χ4v) is 0.602. The summed E-state index contributed by atoms with van der Waals surface area (Å²) < 4.78 is 16.6. The van der Waals surface area contributed by atoms with Crippen molar-refractivity contribution in [3.63, 3.8) is 0 Å². The van der Waals surface area contributed by atoms with E-state index < -0.39 is 6.86 Å². The summed E-state index contributed by atoms with van der Waals surface area (Å²) in [5.74, 6) is 0.365. The van der Waals surface area contributed by atoms with Crippen molar-refractivity contribution in [3.05, 3.63) is 35.6 Å². The Morgan fingerprint density at radius 2 is 2.30 bits per heavy atom. The first-order valence-electron chi connectivity index (χ1n) is 2.58. The van der Waals surface area contributed by atoms with Gasteiger partial charge in [0, 0.05) is 4.48 Å². The molecule has 0 unspecified atom stereocenters. The third-order valence-corrected chi connectivity index (χ3v) is 0.950. The molecule has 0 spiro atoms. The van der Waals surface area contributed by atoms with Crippen molar-refractivity contribution >= 4 is 15.9 Å². The van der Waals surface area contributed by atoms with E-state index in [1.165, 1.54) is 12.2 Å². The summed E-state index contributed by atoms with van der Waals surface area (Å²) in [6.45, 7) is 6.08. The second kappa shape index (κ2) is 5.23. The molecule has 0 saturated carbocycles. The van der Waals surface area contributed by atoms with Crippen LogP contribution in [0, 0.1) is 0 Å². The molecule has 0 N–H and O–H groups in total. The first-order chi connectivity index (χ1) is 4.70. The number of hydrogen-bond donors (Lipinski definition) is 0. The lowest BCUT2D eigenvalue weighted by molar-refractivity contribution is 0.124. The van der Waals surface area contributed by atoms with Crippen LogP contribution < -0.4 is 0 Å². The predicted octanol–water partition coefficient (Wildman–Crippen LogP) is 2.91. The lowest BCUT2D eigenvalue weighted by Gasteiger charge is -1.99. The standard InChI is InChI=1S/C7H8BrFO/c1-3-7(10-5-9)4-6(2)8/h3-4H,1-2,5H2/b7-4+. The van der Waals surface area contributed by atoms with Gasteiger partial charge >= 0.3 is 0 Å². The molecule has 0 atom stereocenters. The summed E-state index contributed by atoms with van der Waals surface area (Å²) in [6.07, 6.45) is 2.94. The number of ether oxygens (including phenoxy) is 1. The number of alkyl halides is 1. The van der Waals surface area contributed by atoms with E-state index in [9.17, 15) is 4.39 Å². The maximum atomic E-state index is 11.5. The molecular weight excluding hydrogens is 199 g/mol. The van der Waals surface area contributed by atoms with Crippen molar-refractivity contribution in [1.29, 1.82) is 0 Å². The molecule has 0 aromatic rings. The smallest absolute Gasteiger partial charge is 0.228 e. The van der Waals surface area contributed by atoms with Crippen LogP contribution in [0.25, 0.3) is 0 Å². The summed E-state index contributed by atoms with van der Waals surface area (Å²) in [4.78, 5) is 0. The van der Waals surface area contributed by atoms with Crippen molar-refractivity contribution in [2.75, 3.05) is 6.86 Å². The molecule has 0 bridgehead atoms. The van der Waals surface area contributed by atoms with E-state index in [1.54, 1.807) is 0 Å². The summed E-state index contributed by atoms with van der Waals surface area (Å²) >= 11 is 3.06. The zero-order chi connectivity index (χ0) is 7.98. The Balaban J connectivity index is 4.03. The van der Waals surface area contributed by atoms with Gasteiger partial charge in [0.2, 0.25) is 6.86 Å². The molecule has 56 valence electrons. The minimum absolute atomic E-state index is 0.365. The van der Waals surface area contributed by atoms with Gasteiger partial charge in [-0.3, -0.25) is 0 Å². The van der Waals surface area contributed by atoms with E-state index in [-0.39, 0.29) is 0 Å². The van der Waals surface area contributed by atoms with E-state index in [0.29, 0.717) is 10.2 Å². The third kappa shape index (κ3) is 4.32. The van der Waals surface area contributed by atoms with Crippen LogP contribution in [-0.4, -0.2) is 6.86 Å². The average molecular weight is 207 g/mol. The van der Waals surface area contributed by atoms with Gasteiger partial charge in [0.15, 0.2) is 0 Å². The largest absolute Gasteiger partial charge is 0.463 e. The van der Waals surface area contributed by atoms with E-state index in [0.717, 1.165) is 0 Å². The van der Waals surface area contributed by atoms with Crippen molar-refractivity contribution < 1.29 is 9.13 Å². The maximum absolute atomic E-state index is 11.5. The van der Waals surface area contributed by atoms with Crippen LogP contribution in [0.2, 0.25) is 0 Å². The zero-order valence-electron chi connectivity index (χ0n) is 5.44. The van der Waals surface area contributed by atoms with Crippen LogP contribution in [0.5, 0.6) is 0 Å². The Bertz CT molecular complexity index is 163. The molecule has 3 heteroatoms. The normalized spacial score (nSPS) is 10.8. The van der Waals surface area contributed by atoms with Gasteiger partial charge in [-0.1, -0.05) is 29.1 Å². The van der Waals surface area contributed by atoms with E-state index >= 15 is 0 Å². The number of rotatable bonds is 4. The predicted molar refractivity (Wildman–Crippen MR) is 43.4 cm³/mol. The van der Waals surface area contributed by atoms with Crippen molar-refractivity contribution in [3.8, 4) is 0 Å². The first-order valence-corrected chi connectivity index (χ1v) is 3.37. The van der Waals surface area contributed by atoms with Crippen LogP contribution >= 0.6 is 15.9 Å². The minimum atomic E-state index is -0.849. The fraction of sp³-hybridized carbons (Fsp3) is 0.143. The quantitative estimate of drug-likeness (QED) is 0.508. The van der Waals surface area contributed by atoms with Gasteiger partial charge in [-0.2, -0.15) is 0 Å². The van der Waals surface area contributed by atoms with Crippen molar-refractivity contribution in [2.45, 2.75) is 0 Å². The zero-order valence-corrected chi connectivity index (χ0v) is 7.03. The Kier molecular flexibility index (Phi) is 4.94. The van der Waals surface area contributed by atoms with Crippen molar-refractivity contribution in [2.24, 2.45) is 0 Å². The van der Waals surface area contributed by atoms with Gasteiger partial charge in [0.25, 0.3) is 0 Å². The lowest BCUT2D eigenvalue weighted by Crippen LogP contribution is -1.85. The highest BCUT2D eigenvalue weighted by Gasteiger charge is 1.90. The topological polar surface area (TPSA) is 9.23 Å². The summed E-state index contributed by atoms with van der Waals surface area (Å²) in [7, 11) is 0. The molecule has 0 amide bonds. The first kappa shape index (κ1) is 9.43. The van der Waals surface area contributed by atoms with Gasteiger partial charge in [-0.05, 0) is 12.2 Å². The van der Waals surface area contributed by atoms with Gasteiger partial charge < -0.3 is 4.74 Å². The summed E-state index contributed by atoms with van der Waals surface area (Å²) in [5.41, 5.74) is 0. The Morgan fingerprint density at radius 3 is 2.60 bits per heavy atom. The molecule has 0 aliphatic heterocycles. The van der Waals surface area contributed by atoms with E-state index in [4.69, 9.17) is 0 Å². The van der Waals surface area contributed by atoms with Gasteiger partial charge in [-0.15, -0.1) is 0 Å². The van der Waals surface area contributed by atoms with E-state index in [2.05, 4.69) is 33.8 Å². The van der Waals surface area contributed by atoms with Crippen molar-refractivity contribution in [1.82, 2.24) is 0 Å². The highest BCUT2D eigenvalue weighted by atomic mass is 79.9. The molecule has 0 heterocycles. The molecule has 0 fully saturated rings. The SMILES string of the molecule is C=C/C(=C\C(=C)Br)OCF. The van der Waals surface area contributed by atoms with E-state index in [1.807, 2.05) is 0 Å². The maximum Gasteiger partial charge on any atom is 0.228 e. The molecule has 0 aromatic heterocycles. The fourth-order valence-electron chi connectivity index (χ4n) is 0.377. The molecule has 10 heavy (non-hydrogen) atoms. The van der Waals surface area contributed by atoms with Gasteiger partial charge in [0.1, 0.15) is 5.76 Å². The molecule has 0 aromatic carbocycles. The lowest BCUT2D eigenvalue weighted by atomic mass is 10.4. The van der Waals surface area contributed by atoms with Crippen LogP contribution in [0.3, 0.4) is 0 Å². The van der Waals surface area contributed by atoms with Crippen LogP contribution in [0.1, 0.15) is 0 Å². The van der Waals surface area contributed by atoms with Crippen LogP contribution in [0.15, 0.2) is 35.6 Å². The second-order valence-corrected chi connectivity index (χ2v) is 2.47.